The van der Waals surface area contributed by atoms with Gasteiger partial charge in [0.15, 0.2) is 0 Å². The quantitative estimate of drug-likeness (QED) is 0.595. The number of piperidine rings is 1. The lowest BCUT2D eigenvalue weighted by Gasteiger charge is -2.32. The fraction of sp³-hybridized carbons (Fsp3) is 0.417. The van der Waals surface area contributed by atoms with E-state index in [9.17, 15) is 26.4 Å². The SMILES string of the molecule is CS(N)(=O)=O.Cc1ccc(C(=O)N2CCC(c3ccc(C(=O)N(C)C)cc3)CC2)cc1NS(C)(=O)=O. The number of amides is 2. The first kappa shape index (κ1) is 29.3. The first-order valence-corrected chi connectivity index (χ1v) is 15.1. The predicted octanol–water partition coefficient (Wildman–Crippen LogP) is 1.99. The van der Waals surface area contributed by atoms with Crippen LogP contribution in [0, 0.1) is 6.92 Å². The summed E-state index contributed by atoms with van der Waals surface area (Å²) in [6.07, 6.45) is 3.71. The highest BCUT2D eigenvalue weighted by molar-refractivity contribution is 7.92. The van der Waals surface area contributed by atoms with Crippen molar-refractivity contribution >= 4 is 37.5 Å². The van der Waals surface area contributed by atoms with Crippen LogP contribution in [0.25, 0.3) is 0 Å². The molecular formula is C24H34N4O6S2. The molecule has 2 amide bonds. The number of likely N-dealkylation sites (tertiary alicyclic amines) is 1. The lowest BCUT2D eigenvalue weighted by Crippen LogP contribution is -2.38. The van der Waals surface area contributed by atoms with E-state index in [4.69, 9.17) is 0 Å². The smallest absolute Gasteiger partial charge is 0.253 e. The Labute approximate surface area is 213 Å². The summed E-state index contributed by atoms with van der Waals surface area (Å²) in [7, 11) is -3.12. The zero-order chi connectivity index (χ0) is 27.3. The summed E-state index contributed by atoms with van der Waals surface area (Å²) >= 11 is 0. The number of carbonyl (C=O) groups excluding carboxylic acids is 2. The Hall–Kier alpha value is -2.96. The van der Waals surface area contributed by atoms with Crippen LogP contribution in [0.15, 0.2) is 42.5 Å². The van der Waals surface area contributed by atoms with E-state index >= 15 is 0 Å². The lowest BCUT2D eigenvalue weighted by atomic mass is 9.88. The highest BCUT2D eigenvalue weighted by Gasteiger charge is 2.25. The van der Waals surface area contributed by atoms with Crippen molar-refractivity contribution in [2.24, 2.45) is 5.14 Å². The first-order chi connectivity index (χ1) is 16.5. The molecule has 2 aromatic carbocycles. The Morgan fingerprint density at radius 2 is 1.44 bits per heavy atom. The van der Waals surface area contributed by atoms with Crippen molar-refractivity contribution in [3.05, 3.63) is 64.7 Å². The third kappa shape index (κ3) is 9.25. The Morgan fingerprint density at radius 1 is 0.944 bits per heavy atom. The molecule has 0 radical (unpaired) electrons. The van der Waals surface area contributed by atoms with E-state index in [0.717, 1.165) is 30.9 Å². The summed E-state index contributed by atoms with van der Waals surface area (Å²) in [5, 5.41) is 4.33. The summed E-state index contributed by atoms with van der Waals surface area (Å²) in [6, 6.07) is 12.8. The molecule has 36 heavy (non-hydrogen) atoms. The molecule has 0 atom stereocenters. The molecule has 1 saturated heterocycles. The lowest BCUT2D eigenvalue weighted by molar-refractivity contribution is 0.0712. The monoisotopic (exact) mass is 538 g/mol. The molecule has 0 bridgehead atoms. The Morgan fingerprint density at radius 3 is 1.92 bits per heavy atom. The largest absolute Gasteiger partial charge is 0.345 e. The van der Waals surface area contributed by atoms with E-state index in [2.05, 4.69) is 9.86 Å². The average molecular weight is 539 g/mol. The van der Waals surface area contributed by atoms with Crippen LogP contribution in [0.3, 0.4) is 0 Å². The maximum absolute atomic E-state index is 13.0. The number of benzene rings is 2. The van der Waals surface area contributed by atoms with E-state index in [-0.39, 0.29) is 11.8 Å². The van der Waals surface area contributed by atoms with Crippen molar-refractivity contribution in [1.29, 1.82) is 0 Å². The van der Waals surface area contributed by atoms with Gasteiger partial charge >= 0.3 is 0 Å². The normalized spacial score (nSPS) is 14.4. The van der Waals surface area contributed by atoms with Crippen molar-refractivity contribution in [2.75, 3.05) is 44.4 Å². The van der Waals surface area contributed by atoms with Gasteiger partial charge in [-0.3, -0.25) is 14.3 Å². The van der Waals surface area contributed by atoms with Gasteiger partial charge in [0.25, 0.3) is 11.8 Å². The van der Waals surface area contributed by atoms with Gasteiger partial charge < -0.3 is 9.80 Å². The van der Waals surface area contributed by atoms with Crippen molar-refractivity contribution in [3.8, 4) is 0 Å². The van der Waals surface area contributed by atoms with E-state index in [1.165, 1.54) is 5.56 Å². The van der Waals surface area contributed by atoms with E-state index in [0.29, 0.717) is 35.8 Å². The van der Waals surface area contributed by atoms with Crippen LogP contribution >= 0.6 is 0 Å². The maximum Gasteiger partial charge on any atom is 0.253 e. The summed E-state index contributed by atoms with van der Waals surface area (Å²) < 4.78 is 44.4. The highest BCUT2D eigenvalue weighted by atomic mass is 32.2. The van der Waals surface area contributed by atoms with Gasteiger partial charge in [-0.1, -0.05) is 18.2 Å². The Kier molecular flexibility index (Phi) is 9.64. The predicted molar refractivity (Wildman–Crippen MR) is 141 cm³/mol. The fourth-order valence-electron chi connectivity index (χ4n) is 3.82. The van der Waals surface area contributed by atoms with Crippen molar-refractivity contribution in [3.63, 3.8) is 0 Å². The van der Waals surface area contributed by atoms with Gasteiger partial charge in [-0.25, -0.2) is 22.0 Å². The Balaban J connectivity index is 0.000000830. The molecule has 1 aliphatic rings. The van der Waals surface area contributed by atoms with E-state index < -0.39 is 20.0 Å². The summed E-state index contributed by atoms with van der Waals surface area (Å²) in [4.78, 5) is 28.4. The van der Waals surface area contributed by atoms with Gasteiger partial charge in [-0.05, 0) is 61.1 Å². The van der Waals surface area contributed by atoms with Gasteiger partial charge in [0.2, 0.25) is 20.0 Å². The molecular weight excluding hydrogens is 504 g/mol. The number of hydrogen-bond donors (Lipinski definition) is 2. The molecule has 10 nitrogen and oxygen atoms in total. The minimum atomic E-state index is -3.42. The van der Waals surface area contributed by atoms with Crippen molar-refractivity contribution in [2.45, 2.75) is 25.7 Å². The van der Waals surface area contributed by atoms with Gasteiger partial charge in [0, 0.05) is 38.3 Å². The van der Waals surface area contributed by atoms with Gasteiger partial charge in [0.05, 0.1) is 18.2 Å². The van der Waals surface area contributed by atoms with Gasteiger partial charge in [-0.15, -0.1) is 0 Å². The molecule has 1 heterocycles. The number of rotatable bonds is 5. The minimum Gasteiger partial charge on any atom is -0.345 e. The molecule has 0 aliphatic carbocycles. The van der Waals surface area contributed by atoms with Gasteiger partial charge in [0.1, 0.15) is 0 Å². The number of nitrogens with two attached hydrogens (primary N) is 1. The second-order valence-corrected chi connectivity index (χ2v) is 12.5. The number of anilines is 1. The number of hydrogen-bond acceptors (Lipinski definition) is 6. The molecule has 198 valence electrons. The molecule has 3 rings (SSSR count). The number of carbonyl (C=O) groups is 2. The zero-order valence-electron chi connectivity index (χ0n) is 21.2. The van der Waals surface area contributed by atoms with Crippen LogP contribution < -0.4 is 9.86 Å². The zero-order valence-corrected chi connectivity index (χ0v) is 22.8. The molecule has 2 aromatic rings. The molecule has 12 heteroatoms. The molecule has 0 unspecified atom stereocenters. The minimum absolute atomic E-state index is 0.0187. The van der Waals surface area contributed by atoms with Crippen LogP contribution in [-0.4, -0.2) is 78.1 Å². The molecule has 1 fully saturated rings. The Bertz CT molecular complexity index is 1290. The van der Waals surface area contributed by atoms with Gasteiger partial charge in [-0.2, -0.15) is 0 Å². The standard InChI is InChI=1S/C23H29N3O4S.CH5NO2S/c1-16-5-6-20(15-21(16)24-31(4,29)30)23(28)26-13-11-18(12-14-26)17-7-9-19(10-8-17)22(27)25(2)3;1-5(2,3)4/h5-10,15,18,24H,11-14H2,1-4H3;1H3,(H2,2,3,4). The molecule has 0 saturated carbocycles. The first-order valence-electron chi connectivity index (χ1n) is 11.2. The second-order valence-electron chi connectivity index (χ2n) is 9.12. The van der Waals surface area contributed by atoms with Crippen molar-refractivity contribution in [1.82, 2.24) is 9.80 Å². The molecule has 0 aromatic heterocycles. The second kappa shape index (κ2) is 11.8. The van der Waals surface area contributed by atoms with Crippen LogP contribution in [0.4, 0.5) is 5.69 Å². The highest BCUT2D eigenvalue weighted by Crippen LogP contribution is 2.29. The van der Waals surface area contributed by atoms with E-state index in [1.54, 1.807) is 44.1 Å². The average Bonchev–Trinajstić information content (AvgIpc) is 2.78. The van der Waals surface area contributed by atoms with Crippen LogP contribution in [-0.2, 0) is 20.0 Å². The molecule has 3 N–H and O–H groups in total. The topological polar surface area (TPSA) is 147 Å². The van der Waals surface area contributed by atoms with Crippen LogP contribution in [0.5, 0.6) is 0 Å². The number of aryl methyl sites for hydroxylation is 1. The van der Waals surface area contributed by atoms with E-state index in [1.807, 2.05) is 29.2 Å². The summed E-state index contributed by atoms with van der Waals surface area (Å²) in [5.74, 6) is 0.227. The number of sulfonamides is 2. The fourth-order valence-corrected chi connectivity index (χ4v) is 4.44. The third-order valence-corrected chi connectivity index (χ3v) is 6.19. The third-order valence-electron chi connectivity index (χ3n) is 5.60. The maximum atomic E-state index is 13.0. The molecule has 0 spiro atoms. The number of nitrogens with one attached hydrogen (secondary N) is 1. The van der Waals surface area contributed by atoms with Crippen LogP contribution in [0.2, 0.25) is 0 Å². The van der Waals surface area contributed by atoms with Crippen molar-refractivity contribution < 1.29 is 26.4 Å². The summed E-state index contributed by atoms with van der Waals surface area (Å²) in [5.41, 5.74) is 3.51. The van der Waals surface area contributed by atoms with Crippen LogP contribution in [0.1, 0.15) is 50.6 Å². The number of nitrogens with zero attached hydrogens (tertiary/aromatic N) is 2. The molecule has 1 aliphatic heterocycles. The summed E-state index contributed by atoms with van der Waals surface area (Å²) in [6.45, 7) is 3.06. The number of primary sulfonamides is 1.